The van der Waals surface area contributed by atoms with Crippen molar-refractivity contribution in [2.75, 3.05) is 32.7 Å². The molecule has 0 saturated carbocycles. The molecule has 3 nitrogen and oxygen atoms in total. The van der Waals surface area contributed by atoms with Gasteiger partial charge in [-0.15, -0.1) is 0 Å². The first kappa shape index (κ1) is 15.8. The summed E-state index contributed by atoms with van der Waals surface area (Å²) in [6, 6.07) is 8.63. The molecule has 1 aromatic carbocycles. The lowest BCUT2D eigenvalue weighted by Crippen LogP contribution is -2.51. The van der Waals surface area contributed by atoms with Crippen LogP contribution in [0.15, 0.2) is 24.3 Å². The summed E-state index contributed by atoms with van der Waals surface area (Å²) in [5.41, 5.74) is 7.41. The van der Waals surface area contributed by atoms with Gasteiger partial charge < -0.3 is 10.6 Å². The van der Waals surface area contributed by atoms with Gasteiger partial charge in [-0.2, -0.15) is 0 Å². The van der Waals surface area contributed by atoms with Gasteiger partial charge in [0.2, 0.25) is 0 Å². The van der Waals surface area contributed by atoms with Crippen molar-refractivity contribution >= 4 is 11.6 Å². The Balaban J connectivity index is 1.81. The summed E-state index contributed by atoms with van der Waals surface area (Å²) in [7, 11) is 0. The molecule has 0 spiro atoms. The Labute approximate surface area is 127 Å². The second kappa shape index (κ2) is 7.41. The van der Waals surface area contributed by atoms with Crippen molar-refractivity contribution in [2.24, 2.45) is 5.73 Å². The predicted molar refractivity (Wildman–Crippen MR) is 86.1 cm³/mol. The summed E-state index contributed by atoms with van der Waals surface area (Å²) in [6.45, 7) is 10.2. The summed E-state index contributed by atoms with van der Waals surface area (Å²) in [4.78, 5) is 5.06. The number of piperazine rings is 1. The lowest BCUT2D eigenvalue weighted by atomic mass is 10.0. The van der Waals surface area contributed by atoms with Crippen molar-refractivity contribution < 1.29 is 0 Å². The fraction of sp³-hybridized carbons (Fsp3) is 0.625. The summed E-state index contributed by atoms with van der Waals surface area (Å²) in [5, 5.41) is 0.767. The molecule has 1 heterocycles. The van der Waals surface area contributed by atoms with Gasteiger partial charge in [0.15, 0.2) is 0 Å². The van der Waals surface area contributed by atoms with E-state index in [1.807, 2.05) is 18.2 Å². The Hall–Kier alpha value is -0.610. The minimum atomic E-state index is 0.0770. The fourth-order valence-electron chi connectivity index (χ4n) is 2.97. The molecule has 2 N–H and O–H groups in total. The van der Waals surface area contributed by atoms with Crippen molar-refractivity contribution in [1.29, 1.82) is 0 Å². The van der Waals surface area contributed by atoms with Crippen LogP contribution in [0.25, 0.3) is 0 Å². The maximum absolute atomic E-state index is 6.27. The molecule has 2 unspecified atom stereocenters. The van der Waals surface area contributed by atoms with Crippen LogP contribution in [-0.2, 0) is 0 Å². The van der Waals surface area contributed by atoms with Crippen LogP contribution in [0.4, 0.5) is 0 Å². The van der Waals surface area contributed by atoms with Crippen molar-refractivity contribution in [3.63, 3.8) is 0 Å². The van der Waals surface area contributed by atoms with E-state index < -0.39 is 0 Å². The third-order valence-corrected chi connectivity index (χ3v) is 4.52. The largest absolute Gasteiger partial charge is 0.324 e. The molecule has 1 saturated heterocycles. The first-order valence-electron chi connectivity index (χ1n) is 7.57. The van der Waals surface area contributed by atoms with Crippen LogP contribution in [0.5, 0.6) is 0 Å². The van der Waals surface area contributed by atoms with E-state index >= 15 is 0 Å². The van der Waals surface area contributed by atoms with E-state index in [2.05, 4.69) is 29.7 Å². The molecule has 112 valence electrons. The second-order valence-electron chi connectivity index (χ2n) is 5.73. The van der Waals surface area contributed by atoms with E-state index in [0.29, 0.717) is 6.04 Å². The van der Waals surface area contributed by atoms with Gasteiger partial charge in [-0.3, -0.25) is 4.90 Å². The van der Waals surface area contributed by atoms with E-state index in [-0.39, 0.29) is 6.04 Å². The number of hydrogen-bond donors (Lipinski definition) is 1. The zero-order valence-corrected chi connectivity index (χ0v) is 13.3. The highest BCUT2D eigenvalue weighted by Crippen LogP contribution is 2.19. The summed E-state index contributed by atoms with van der Waals surface area (Å²) in [5.74, 6) is 0. The highest BCUT2D eigenvalue weighted by atomic mass is 35.5. The van der Waals surface area contributed by atoms with Crippen LogP contribution < -0.4 is 5.73 Å². The van der Waals surface area contributed by atoms with Crippen LogP contribution >= 0.6 is 11.6 Å². The van der Waals surface area contributed by atoms with Gasteiger partial charge in [0.25, 0.3) is 0 Å². The number of rotatable bonds is 5. The third-order valence-electron chi connectivity index (χ3n) is 4.29. The van der Waals surface area contributed by atoms with Crippen LogP contribution in [0.2, 0.25) is 5.02 Å². The Bertz CT molecular complexity index is 424. The number of benzene rings is 1. The first-order chi connectivity index (χ1) is 9.60. The number of halogens is 1. The van der Waals surface area contributed by atoms with Crippen LogP contribution in [0.3, 0.4) is 0 Å². The maximum atomic E-state index is 6.27. The summed E-state index contributed by atoms with van der Waals surface area (Å²) >= 11 is 6.02. The van der Waals surface area contributed by atoms with Crippen molar-refractivity contribution in [2.45, 2.75) is 32.4 Å². The van der Waals surface area contributed by atoms with Gasteiger partial charge in [0.05, 0.1) is 0 Å². The van der Waals surface area contributed by atoms with Gasteiger partial charge in [0, 0.05) is 43.3 Å². The SMILES string of the molecule is CCN1CCN(CCC(N)c2cccc(Cl)c2)CC1C. The van der Waals surface area contributed by atoms with E-state index in [0.717, 1.165) is 43.2 Å². The molecule has 0 radical (unpaired) electrons. The molecule has 0 aliphatic carbocycles. The van der Waals surface area contributed by atoms with E-state index in [4.69, 9.17) is 17.3 Å². The lowest BCUT2D eigenvalue weighted by molar-refractivity contribution is 0.0861. The minimum Gasteiger partial charge on any atom is -0.324 e. The second-order valence-corrected chi connectivity index (χ2v) is 6.16. The van der Waals surface area contributed by atoms with Crippen LogP contribution in [-0.4, -0.2) is 48.6 Å². The molecular formula is C16H26ClN3. The van der Waals surface area contributed by atoms with Crippen LogP contribution in [0.1, 0.15) is 31.9 Å². The molecule has 1 fully saturated rings. The van der Waals surface area contributed by atoms with Crippen molar-refractivity contribution in [1.82, 2.24) is 9.80 Å². The van der Waals surface area contributed by atoms with Gasteiger partial charge in [-0.05, 0) is 37.6 Å². The standard InChI is InChI=1S/C16H26ClN3/c1-3-20-10-9-19(12-13(20)2)8-7-16(18)14-5-4-6-15(17)11-14/h4-6,11,13,16H,3,7-10,12,18H2,1-2H3. The maximum Gasteiger partial charge on any atom is 0.0409 e. The molecule has 1 aliphatic heterocycles. The number of nitrogens with zero attached hydrogens (tertiary/aromatic N) is 2. The highest BCUT2D eigenvalue weighted by molar-refractivity contribution is 6.30. The Morgan fingerprint density at radius 1 is 1.40 bits per heavy atom. The monoisotopic (exact) mass is 295 g/mol. The molecule has 0 aromatic heterocycles. The predicted octanol–water partition coefficient (Wildman–Crippen LogP) is 2.76. The average molecular weight is 296 g/mol. The molecule has 1 aromatic rings. The quantitative estimate of drug-likeness (QED) is 0.906. The molecule has 20 heavy (non-hydrogen) atoms. The zero-order valence-electron chi connectivity index (χ0n) is 12.6. The highest BCUT2D eigenvalue weighted by Gasteiger charge is 2.22. The lowest BCUT2D eigenvalue weighted by Gasteiger charge is -2.39. The minimum absolute atomic E-state index is 0.0770. The summed E-state index contributed by atoms with van der Waals surface area (Å²) in [6.07, 6.45) is 0.985. The van der Waals surface area contributed by atoms with E-state index in [1.165, 1.54) is 6.54 Å². The van der Waals surface area contributed by atoms with Gasteiger partial charge in [-0.25, -0.2) is 0 Å². The number of nitrogens with two attached hydrogens (primary N) is 1. The zero-order chi connectivity index (χ0) is 14.5. The molecule has 1 aliphatic rings. The molecule has 2 atom stereocenters. The third kappa shape index (κ3) is 4.19. The molecule has 4 heteroatoms. The number of likely N-dealkylation sites (N-methyl/N-ethyl adjacent to an activating group) is 1. The Morgan fingerprint density at radius 3 is 2.85 bits per heavy atom. The molecule has 0 bridgehead atoms. The van der Waals surface area contributed by atoms with Gasteiger partial charge in [0.1, 0.15) is 0 Å². The van der Waals surface area contributed by atoms with E-state index in [9.17, 15) is 0 Å². The van der Waals surface area contributed by atoms with Crippen LogP contribution in [0, 0.1) is 0 Å². The van der Waals surface area contributed by atoms with Gasteiger partial charge >= 0.3 is 0 Å². The Morgan fingerprint density at radius 2 is 2.20 bits per heavy atom. The van der Waals surface area contributed by atoms with E-state index in [1.54, 1.807) is 0 Å². The average Bonchev–Trinajstić information content (AvgIpc) is 2.45. The van der Waals surface area contributed by atoms with Crippen molar-refractivity contribution in [3.8, 4) is 0 Å². The van der Waals surface area contributed by atoms with Crippen molar-refractivity contribution in [3.05, 3.63) is 34.9 Å². The summed E-state index contributed by atoms with van der Waals surface area (Å²) < 4.78 is 0. The number of hydrogen-bond acceptors (Lipinski definition) is 3. The fourth-order valence-corrected chi connectivity index (χ4v) is 3.17. The molecule has 2 rings (SSSR count). The Kier molecular flexibility index (Phi) is 5.85. The first-order valence-corrected chi connectivity index (χ1v) is 7.95. The topological polar surface area (TPSA) is 32.5 Å². The molecule has 0 amide bonds. The molecular weight excluding hydrogens is 270 g/mol. The van der Waals surface area contributed by atoms with Gasteiger partial charge in [-0.1, -0.05) is 30.7 Å². The smallest absolute Gasteiger partial charge is 0.0409 e. The normalized spacial score (nSPS) is 22.9.